The number of nitrogens with one attached hydrogen (secondary N) is 1. The van der Waals surface area contributed by atoms with Gasteiger partial charge in [0, 0.05) is 30.5 Å². The molecule has 1 amide bonds. The second kappa shape index (κ2) is 11.2. The van der Waals surface area contributed by atoms with Gasteiger partial charge >= 0.3 is 5.69 Å². The fourth-order valence-corrected chi connectivity index (χ4v) is 5.46. The van der Waals surface area contributed by atoms with Gasteiger partial charge in [0.1, 0.15) is 5.65 Å². The number of carbonyl (C=O) groups is 1. The van der Waals surface area contributed by atoms with Gasteiger partial charge in [-0.1, -0.05) is 35.9 Å². The molecule has 0 aliphatic carbocycles. The van der Waals surface area contributed by atoms with Crippen molar-refractivity contribution in [2.45, 2.75) is 52.4 Å². The number of benzene rings is 2. The molecule has 0 bridgehead atoms. The summed E-state index contributed by atoms with van der Waals surface area (Å²) in [6, 6.07) is 19.3. The lowest BCUT2D eigenvalue weighted by Gasteiger charge is -2.17. The first-order chi connectivity index (χ1) is 20.3. The van der Waals surface area contributed by atoms with Crippen LogP contribution in [0.25, 0.3) is 16.6 Å². The topological polar surface area (TPSA) is 117 Å². The molecule has 1 aliphatic heterocycles. The zero-order chi connectivity index (χ0) is 29.4. The number of ether oxygens (including phenoxy) is 1. The Morgan fingerprint density at radius 3 is 2.57 bits per heavy atom. The minimum atomic E-state index is -0.550. The monoisotopic (exact) mass is 565 g/mol. The van der Waals surface area contributed by atoms with Crippen LogP contribution in [0.5, 0.6) is 0 Å². The van der Waals surface area contributed by atoms with E-state index in [1.165, 1.54) is 19.6 Å². The molecule has 0 saturated carbocycles. The molecule has 0 spiro atoms. The average molecular weight is 566 g/mol. The number of amides is 1. The Kier molecular flexibility index (Phi) is 7.30. The molecule has 10 heteroatoms. The zero-order valence-corrected chi connectivity index (χ0v) is 23.5. The van der Waals surface area contributed by atoms with Gasteiger partial charge < -0.3 is 10.1 Å². The van der Waals surface area contributed by atoms with Gasteiger partial charge in [-0.15, -0.1) is 0 Å². The smallest absolute Gasteiger partial charge is 0.331 e. The third kappa shape index (κ3) is 5.28. The number of carbonyl (C=O) groups excluding carboxylic acids is 1. The summed E-state index contributed by atoms with van der Waals surface area (Å²) in [5.74, 6) is -0.336. The summed E-state index contributed by atoms with van der Waals surface area (Å²) in [4.78, 5) is 58.2. The van der Waals surface area contributed by atoms with Crippen LogP contribution in [0.3, 0.4) is 0 Å². The molecule has 4 heterocycles. The minimum absolute atomic E-state index is 0.0603. The van der Waals surface area contributed by atoms with Crippen LogP contribution in [0.2, 0.25) is 0 Å². The van der Waals surface area contributed by atoms with E-state index in [9.17, 15) is 19.2 Å². The summed E-state index contributed by atoms with van der Waals surface area (Å²) in [6.45, 7) is 4.80. The van der Waals surface area contributed by atoms with Crippen molar-refractivity contribution in [3.05, 3.63) is 126 Å². The van der Waals surface area contributed by atoms with Crippen LogP contribution in [0.15, 0.2) is 81.1 Å². The van der Waals surface area contributed by atoms with Crippen LogP contribution in [0.1, 0.15) is 45.7 Å². The van der Waals surface area contributed by atoms with Gasteiger partial charge in [-0.3, -0.25) is 27.9 Å². The van der Waals surface area contributed by atoms with E-state index in [4.69, 9.17) is 4.74 Å². The second-order valence-electron chi connectivity index (χ2n) is 10.8. The number of aromatic nitrogens is 4. The molecule has 3 aromatic heterocycles. The predicted molar refractivity (Wildman–Crippen MR) is 159 cm³/mol. The molecule has 1 atom stereocenters. The first-order valence-corrected chi connectivity index (χ1v) is 14.0. The molecule has 1 aliphatic rings. The first kappa shape index (κ1) is 27.3. The van der Waals surface area contributed by atoms with Crippen LogP contribution in [-0.2, 0) is 24.4 Å². The minimum Gasteiger partial charge on any atom is -0.376 e. The van der Waals surface area contributed by atoms with Crippen LogP contribution >= 0.6 is 0 Å². The van der Waals surface area contributed by atoms with E-state index < -0.39 is 11.2 Å². The number of rotatable bonds is 7. The number of fused-ring (bicyclic) bond motifs is 2. The largest absolute Gasteiger partial charge is 0.376 e. The Labute approximate surface area is 240 Å². The number of aryl methyl sites for hydroxylation is 2. The van der Waals surface area contributed by atoms with Crippen molar-refractivity contribution in [2.75, 3.05) is 6.61 Å². The SMILES string of the molecule is Cc1ccc(CNC(=O)c2ccc3c(=O)n(C[C@H]4CCCO4)c(=O)n(Cc4cc(=O)n5c(C)cccc5n4)c3c2)cc1. The highest BCUT2D eigenvalue weighted by molar-refractivity contribution is 5.97. The van der Waals surface area contributed by atoms with Crippen molar-refractivity contribution in [3.63, 3.8) is 0 Å². The molecule has 0 unspecified atom stereocenters. The Morgan fingerprint density at radius 1 is 1.00 bits per heavy atom. The van der Waals surface area contributed by atoms with E-state index in [1.54, 1.807) is 24.3 Å². The Morgan fingerprint density at radius 2 is 1.81 bits per heavy atom. The summed E-state index contributed by atoms with van der Waals surface area (Å²) in [5.41, 5.74) is 2.98. The highest BCUT2D eigenvalue weighted by Gasteiger charge is 2.22. The van der Waals surface area contributed by atoms with Gasteiger partial charge in [0.25, 0.3) is 17.0 Å². The average Bonchev–Trinajstić information content (AvgIpc) is 3.50. The molecule has 42 heavy (non-hydrogen) atoms. The van der Waals surface area contributed by atoms with Crippen molar-refractivity contribution in [1.29, 1.82) is 0 Å². The molecule has 0 radical (unpaired) electrons. The molecule has 1 N–H and O–H groups in total. The Bertz CT molecular complexity index is 2000. The third-order valence-electron chi connectivity index (χ3n) is 7.73. The molecule has 214 valence electrons. The van der Waals surface area contributed by atoms with Gasteiger partial charge in [0.15, 0.2) is 0 Å². The van der Waals surface area contributed by atoms with Gasteiger partial charge in [-0.05, 0) is 62.6 Å². The molecule has 1 fully saturated rings. The lowest BCUT2D eigenvalue weighted by Crippen LogP contribution is -2.42. The predicted octanol–water partition coefficient (Wildman–Crippen LogP) is 2.95. The quantitative estimate of drug-likeness (QED) is 0.324. The van der Waals surface area contributed by atoms with Crippen molar-refractivity contribution in [2.24, 2.45) is 0 Å². The van der Waals surface area contributed by atoms with E-state index >= 15 is 0 Å². The first-order valence-electron chi connectivity index (χ1n) is 14.0. The zero-order valence-electron chi connectivity index (χ0n) is 23.5. The lowest BCUT2D eigenvalue weighted by molar-refractivity contribution is 0.0947. The standard InChI is InChI=1S/C32H31N5O5/c1-20-8-10-22(11-9-20)17-33-30(39)23-12-13-26-27(15-23)35(32(41)36(31(26)40)19-25-6-4-14-42-25)18-24-16-29(38)37-21(2)5-3-7-28(37)34-24/h3,5,7-13,15-16,25H,4,6,14,17-19H2,1-2H3,(H,33,39)/t25-/m1/s1. The van der Waals surface area contributed by atoms with Crippen LogP contribution < -0.4 is 22.1 Å². The summed E-state index contributed by atoms with van der Waals surface area (Å²) in [6.07, 6.45) is 1.39. The molecule has 6 rings (SSSR count). The molecular formula is C32H31N5O5. The van der Waals surface area contributed by atoms with Gasteiger partial charge in [-0.2, -0.15) is 0 Å². The highest BCUT2D eigenvalue weighted by atomic mass is 16.5. The maximum atomic E-state index is 13.9. The normalized spacial score (nSPS) is 15.0. The molecule has 5 aromatic rings. The number of hydrogen-bond acceptors (Lipinski definition) is 6. The van der Waals surface area contributed by atoms with Crippen molar-refractivity contribution < 1.29 is 9.53 Å². The van der Waals surface area contributed by atoms with E-state index in [0.29, 0.717) is 35.6 Å². The number of hydrogen-bond donors (Lipinski definition) is 1. The summed E-state index contributed by atoms with van der Waals surface area (Å²) >= 11 is 0. The van der Waals surface area contributed by atoms with E-state index in [1.807, 2.05) is 50.2 Å². The van der Waals surface area contributed by atoms with Crippen molar-refractivity contribution in [1.82, 2.24) is 23.8 Å². The Hall–Kier alpha value is -4.83. The van der Waals surface area contributed by atoms with Crippen molar-refractivity contribution in [3.8, 4) is 0 Å². The summed E-state index contributed by atoms with van der Waals surface area (Å²) < 4.78 is 9.82. The van der Waals surface area contributed by atoms with E-state index in [2.05, 4.69) is 10.3 Å². The van der Waals surface area contributed by atoms with Crippen molar-refractivity contribution >= 4 is 22.5 Å². The maximum absolute atomic E-state index is 13.9. The van der Waals surface area contributed by atoms with Crippen LogP contribution in [0.4, 0.5) is 0 Å². The van der Waals surface area contributed by atoms with Crippen LogP contribution in [-0.4, -0.2) is 37.1 Å². The third-order valence-corrected chi connectivity index (χ3v) is 7.73. The van der Waals surface area contributed by atoms with Gasteiger partial charge in [-0.25, -0.2) is 9.78 Å². The van der Waals surface area contributed by atoms with Gasteiger partial charge in [0.2, 0.25) is 0 Å². The second-order valence-corrected chi connectivity index (χ2v) is 10.8. The summed E-state index contributed by atoms with van der Waals surface area (Å²) in [7, 11) is 0. The number of nitrogens with zero attached hydrogens (tertiary/aromatic N) is 4. The molecule has 1 saturated heterocycles. The Balaban J connectivity index is 1.43. The fraction of sp³-hybridized carbons (Fsp3) is 0.281. The lowest BCUT2D eigenvalue weighted by atomic mass is 10.1. The maximum Gasteiger partial charge on any atom is 0.331 e. The number of pyridine rings is 1. The molecular weight excluding hydrogens is 534 g/mol. The van der Waals surface area contributed by atoms with Crippen LogP contribution in [0, 0.1) is 13.8 Å². The van der Waals surface area contributed by atoms with Gasteiger partial charge in [0.05, 0.1) is 35.8 Å². The molecule has 2 aromatic carbocycles. The molecule has 10 nitrogen and oxygen atoms in total. The van der Waals surface area contributed by atoms with E-state index in [0.717, 1.165) is 29.7 Å². The fourth-order valence-electron chi connectivity index (χ4n) is 5.46. The summed E-state index contributed by atoms with van der Waals surface area (Å²) in [5, 5.41) is 3.20. The highest BCUT2D eigenvalue weighted by Crippen LogP contribution is 2.16. The van der Waals surface area contributed by atoms with E-state index in [-0.39, 0.29) is 36.0 Å².